The summed E-state index contributed by atoms with van der Waals surface area (Å²) in [5.74, 6) is 2.69. The van der Waals surface area contributed by atoms with Crippen molar-refractivity contribution in [1.29, 1.82) is 0 Å². The summed E-state index contributed by atoms with van der Waals surface area (Å²) in [7, 11) is 0. The minimum atomic E-state index is -0.0567. The van der Waals surface area contributed by atoms with Crippen molar-refractivity contribution in [3.05, 3.63) is 12.1 Å². The molecule has 166 valence electrons. The molecule has 0 saturated carbocycles. The Balaban J connectivity index is 2.12. The Labute approximate surface area is 182 Å². The molecule has 0 unspecified atom stereocenters. The fourth-order valence-electron chi connectivity index (χ4n) is 2.58. The molecular formula is C21H31N3O5S. The van der Waals surface area contributed by atoms with Gasteiger partial charge in [0.1, 0.15) is 0 Å². The van der Waals surface area contributed by atoms with Gasteiger partial charge in [0.25, 0.3) is 5.22 Å². The summed E-state index contributed by atoms with van der Waals surface area (Å²) in [6.45, 7) is 12.1. The van der Waals surface area contributed by atoms with Crippen molar-refractivity contribution < 1.29 is 23.4 Å². The summed E-state index contributed by atoms with van der Waals surface area (Å²) in [5.41, 5.74) is 0.658. The van der Waals surface area contributed by atoms with Gasteiger partial charge in [-0.25, -0.2) is 0 Å². The molecule has 2 aromatic rings. The van der Waals surface area contributed by atoms with Crippen molar-refractivity contribution in [2.24, 2.45) is 5.92 Å². The first-order valence-corrected chi connectivity index (χ1v) is 11.3. The SMILES string of the molecule is CCOc1cc(-c2nnc(SCC(=O)NCCC(C)C)o2)cc(OCC)c1OCC. The molecule has 0 aliphatic carbocycles. The van der Waals surface area contributed by atoms with Crippen molar-refractivity contribution >= 4 is 17.7 Å². The Morgan fingerprint density at radius 1 is 1.07 bits per heavy atom. The van der Waals surface area contributed by atoms with E-state index in [4.69, 9.17) is 18.6 Å². The van der Waals surface area contributed by atoms with Crippen LogP contribution in [0.4, 0.5) is 0 Å². The highest BCUT2D eigenvalue weighted by atomic mass is 32.2. The molecule has 0 atom stereocenters. The zero-order valence-electron chi connectivity index (χ0n) is 18.3. The third kappa shape index (κ3) is 7.12. The molecule has 1 aromatic carbocycles. The quantitative estimate of drug-likeness (QED) is 0.466. The van der Waals surface area contributed by atoms with Crippen LogP contribution in [0.5, 0.6) is 17.2 Å². The van der Waals surface area contributed by atoms with E-state index in [0.29, 0.717) is 66.2 Å². The Bertz CT molecular complexity index is 783. The molecule has 0 fully saturated rings. The minimum Gasteiger partial charge on any atom is -0.490 e. The predicted octanol–water partition coefficient (Wildman–Crippen LogP) is 4.19. The van der Waals surface area contributed by atoms with Gasteiger partial charge in [-0.05, 0) is 45.2 Å². The molecular weight excluding hydrogens is 406 g/mol. The number of thioether (sulfide) groups is 1. The smallest absolute Gasteiger partial charge is 0.277 e. The number of nitrogens with one attached hydrogen (secondary N) is 1. The molecule has 0 spiro atoms. The number of aromatic nitrogens is 2. The van der Waals surface area contributed by atoms with Crippen LogP contribution in [-0.4, -0.2) is 48.2 Å². The maximum atomic E-state index is 11.9. The fourth-order valence-corrected chi connectivity index (χ4v) is 3.17. The van der Waals surface area contributed by atoms with Crippen LogP contribution in [0.25, 0.3) is 11.5 Å². The molecule has 0 aliphatic heterocycles. The number of ether oxygens (including phenoxy) is 3. The van der Waals surface area contributed by atoms with Crippen LogP contribution in [0.2, 0.25) is 0 Å². The van der Waals surface area contributed by atoms with E-state index >= 15 is 0 Å². The zero-order chi connectivity index (χ0) is 21.9. The minimum absolute atomic E-state index is 0.0567. The van der Waals surface area contributed by atoms with Gasteiger partial charge < -0.3 is 23.9 Å². The summed E-state index contributed by atoms with van der Waals surface area (Å²) < 4.78 is 22.9. The van der Waals surface area contributed by atoms with E-state index in [2.05, 4.69) is 29.4 Å². The lowest BCUT2D eigenvalue weighted by Crippen LogP contribution is -2.26. The van der Waals surface area contributed by atoms with Crippen molar-refractivity contribution in [2.75, 3.05) is 32.1 Å². The van der Waals surface area contributed by atoms with Crippen molar-refractivity contribution in [2.45, 2.75) is 46.3 Å². The van der Waals surface area contributed by atoms with E-state index in [1.165, 1.54) is 11.8 Å². The average molecular weight is 438 g/mol. The molecule has 0 radical (unpaired) electrons. The molecule has 1 aromatic heterocycles. The van der Waals surface area contributed by atoms with Crippen LogP contribution >= 0.6 is 11.8 Å². The van der Waals surface area contributed by atoms with E-state index in [1.807, 2.05) is 20.8 Å². The third-order valence-corrected chi connectivity index (χ3v) is 4.75. The fraction of sp³-hybridized carbons (Fsp3) is 0.571. The van der Waals surface area contributed by atoms with Crippen molar-refractivity contribution in [3.63, 3.8) is 0 Å². The van der Waals surface area contributed by atoms with Crippen LogP contribution in [0.3, 0.4) is 0 Å². The molecule has 0 aliphatic rings. The van der Waals surface area contributed by atoms with Gasteiger partial charge in [-0.2, -0.15) is 0 Å². The summed E-state index contributed by atoms with van der Waals surface area (Å²) in [5, 5.41) is 11.4. The molecule has 1 amide bonds. The third-order valence-electron chi connectivity index (χ3n) is 3.93. The van der Waals surface area contributed by atoms with Gasteiger partial charge in [-0.3, -0.25) is 4.79 Å². The Morgan fingerprint density at radius 2 is 1.70 bits per heavy atom. The Morgan fingerprint density at radius 3 is 2.27 bits per heavy atom. The molecule has 0 saturated heterocycles. The first-order valence-electron chi connectivity index (χ1n) is 10.3. The number of carbonyl (C=O) groups excluding carboxylic acids is 1. The second-order valence-corrected chi connectivity index (χ2v) is 7.72. The first kappa shape index (κ1) is 23.9. The lowest BCUT2D eigenvalue weighted by Gasteiger charge is -2.16. The lowest BCUT2D eigenvalue weighted by molar-refractivity contribution is -0.118. The molecule has 1 N–H and O–H groups in total. The molecule has 0 bridgehead atoms. The van der Waals surface area contributed by atoms with Crippen LogP contribution in [-0.2, 0) is 4.79 Å². The maximum Gasteiger partial charge on any atom is 0.277 e. The van der Waals surface area contributed by atoms with Gasteiger partial charge in [0.2, 0.25) is 17.5 Å². The van der Waals surface area contributed by atoms with Gasteiger partial charge >= 0.3 is 0 Å². The topological polar surface area (TPSA) is 95.7 Å². The van der Waals surface area contributed by atoms with E-state index in [0.717, 1.165) is 6.42 Å². The van der Waals surface area contributed by atoms with E-state index in [-0.39, 0.29) is 11.7 Å². The van der Waals surface area contributed by atoms with E-state index in [9.17, 15) is 4.79 Å². The number of hydrogen-bond acceptors (Lipinski definition) is 8. The van der Waals surface area contributed by atoms with Crippen LogP contribution < -0.4 is 19.5 Å². The molecule has 8 nitrogen and oxygen atoms in total. The van der Waals surface area contributed by atoms with E-state index in [1.54, 1.807) is 12.1 Å². The highest BCUT2D eigenvalue weighted by Crippen LogP contribution is 2.42. The second-order valence-electron chi connectivity index (χ2n) is 6.79. The van der Waals surface area contributed by atoms with Crippen molar-refractivity contribution in [1.82, 2.24) is 15.5 Å². The number of benzene rings is 1. The first-order chi connectivity index (χ1) is 14.5. The van der Waals surface area contributed by atoms with Gasteiger partial charge in [0.05, 0.1) is 25.6 Å². The number of rotatable bonds is 13. The second kappa shape index (κ2) is 12.3. The Kier molecular flexibility index (Phi) is 9.79. The summed E-state index contributed by atoms with van der Waals surface area (Å²) in [6, 6.07) is 3.58. The normalized spacial score (nSPS) is 10.9. The highest BCUT2D eigenvalue weighted by molar-refractivity contribution is 7.99. The zero-order valence-corrected chi connectivity index (χ0v) is 19.1. The van der Waals surface area contributed by atoms with Crippen LogP contribution in [0.1, 0.15) is 41.0 Å². The standard InChI is InChI=1S/C21H31N3O5S/c1-6-26-16-11-15(12-17(27-7-2)19(16)28-8-3)20-23-24-21(29-20)30-13-18(25)22-10-9-14(4)5/h11-12,14H,6-10,13H2,1-5H3,(H,22,25). The summed E-state index contributed by atoms with van der Waals surface area (Å²) in [6.07, 6.45) is 0.948. The average Bonchev–Trinajstić information content (AvgIpc) is 3.18. The van der Waals surface area contributed by atoms with Crippen LogP contribution in [0.15, 0.2) is 21.8 Å². The van der Waals surface area contributed by atoms with Crippen molar-refractivity contribution in [3.8, 4) is 28.7 Å². The van der Waals surface area contributed by atoms with Gasteiger partial charge in [-0.15, -0.1) is 10.2 Å². The van der Waals surface area contributed by atoms with Gasteiger partial charge in [0.15, 0.2) is 11.5 Å². The maximum absolute atomic E-state index is 11.9. The monoisotopic (exact) mass is 437 g/mol. The lowest BCUT2D eigenvalue weighted by atomic mass is 10.1. The molecule has 1 heterocycles. The molecule has 30 heavy (non-hydrogen) atoms. The molecule has 9 heteroatoms. The van der Waals surface area contributed by atoms with Gasteiger partial charge in [-0.1, -0.05) is 25.6 Å². The van der Waals surface area contributed by atoms with Crippen LogP contribution in [0, 0.1) is 5.92 Å². The predicted molar refractivity (Wildman–Crippen MR) is 116 cm³/mol. The summed E-state index contributed by atoms with van der Waals surface area (Å²) >= 11 is 1.20. The number of nitrogens with zero attached hydrogens (tertiary/aromatic N) is 2. The number of hydrogen-bond donors (Lipinski definition) is 1. The van der Waals surface area contributed by atoms with Gasteiger partial charge in [0, 0.05) is 12.1 Å². The highest BCUT2D eigenvalue weighted by Gasteiger charge is 2.19. The largest absolute Gasteiger partial charge is 0.490 e. The summed E-state index contributed by atoms with van der Waals surface area (Å²) in [4.78, 5) is 11.9. The number of carbonyl (C=O) groups is 1. The number of amides is 1. The molecule has 2 rings (SSSR count). The Hall–Kier alpha value is -2.42. The van der Waals surface area contributed by atoms with E-state index < -0.39 is 0 Å².